The number of hydrogen-bond donors (Lipinski definition) is 0. The highest BCUT2D eigenvalue weighted by Crippen LogP contribution is 2.40. The van der Waals surface area contributed by atoms with E-state index in [1.165, 1.54) is 24.3 Å². The van der Waals surface area contributed by atoms with Crippen molar-refractivity contribution in [3.05, 3.63) is 102 Å². The Kier molecular flexibility index (Phi) is 6.61. The van der Waals surface area contributed by atoms with Crippen LogP contribution in [0.5, 0.6) is 17.2 Å². The quantitative estimate of drug-likeness (QED) is 0.116. The first-order valence-corrected chi connectivity index (χ1v) is 10.5. The van der Waals surface area contributed by atoms with E-state index >= 15 is 0 Å². The molecule has 13 heteroatoms. The molecule has 3 aromatic carbocycles. The molecule has 36 heavy (non-hydrogen) atoms. The molecular formula is C23H10Cl2F3NO7. The third-order valence-corrected chi connectivity index (χ3v) is 5.36. The SMILES string of the molecule is O=C(Oc1ccc2c(=O)c(Oc3ccccc3Cl)c(C(F)(F)F)oc2c1)c1cc([N+](=O)[O-])ccc1Cl. The smallest absolute Gasteiger partial charge is 0.448 e. The van der Waals surface area contributed by atoms with Gasteiger partial charge in [-0.2, -0.15) is 13.2 Å². The summed E-state index contributed by atoms with van der Waals surface area (Å²) in [5.74, 6) is -4.50. The molecule has 4 rings (SSSR count). The molecule has 184 valence electrons. The Labute approximate surface area is 208 Å². The van der Waals surface area contributed by atoms with Crippen LogP contribution in [0.4, 0.5) is 18.9 Å². The van der Waals surface area contributed by atoms with Gasteiger partial charge in [-0.15, -0.1) is 0 Å². The van der Waals surface area contributed by atoms with Crippen LogP contribution in [-0.4, -0.2) is 10.9 Å². The maximum atomic E-state index is 13.7. The first-order valence-electron chi connectivity index (χ1n) is 9.72. The predicted molar refractivity (Wildman–Crippen MR) is 122 cm³/mol. The number of fused-ring (bicyclic) bond motifs is 1. The fourth-order valence-corrected chi connectivity index (χ4v) is 3.45. The summed E-state index contributed by atoms with van der Waals surface area (Å²) in [6.07, 6.45) is -5.13. The van der Waals surface area contributed by atoms with E-state index in [0.717, 1.165) is 36.4 Å². The van der Waals surface area contributed by atoms with Gasteiger partial charge < -0.3 is 13.9 Å². The number of carbonyl (C=O) groups is 1. The summed E-state index contributed by atoms with van der Waals surface area (Å²) in [7, 11) is 0. The number of nitrogens with zero attached hydrogens (tertiary/aromatic N) is 1. The molecular weight excluding hydrogens is 530 g/mol. The van der Waals surface area contributed by atoms with E-state index in [1.54, 1.807) is 0 Å². The van der Waals surface area contributed by atoms with E-state index in [4.69, 9.17) is 37.1 Å². The fraction of sp³-hybridized carbons (Fsp3) is 0.0435. The van der Waals surface area contributed by atoms with Gasteiger partial charge in [-0.25, -0.2) is 4.79 Å². The fourth-order valence-electron chi connectivity index (χ4n) is 3.08. The Morgan fingerprint density at radius 3 is 2.39 bits per heavy atom. The van der Waals surface area contributed by atoms with E-state index in [0.29, 0.717) is 0 Å². The van der Waals surface area contributed by atoms with Crippen LogP contribution in [-0.2, 0) is 6.18 Å². The van der Waals surface area contributed by atoms with Crippen molar-refractivity contribution in [1.29, 1.82) is 0 Å². The lowest BCUT2D eigenvalue weighted by Gasteiger charge is -2.14. The molecule has 0 unspecified atom stereocenters. The number of rotatable bonds is 5. The molecule has 0 saturated carbocycles. The molecule has 0 spiro atoms. The van der Waals surface area contributed by atoms with Crippen molar-refractivity contribution < 1.29 is 36.8 Å². The summed E-state index contributed by atoms with van der Waals surface area (Å²) in [5.41, 5.74) is -2.50. The second kappa shape index (κ2) is 9.51. The molecule has 0 radical (unpaired) electrons. The van der Waals surface area contributed by atoms with Gasteiger partial charge in [-0.1, -0.05) is 35.3 Å². The summed E-state index contributed by atoms with van der Waals surface area (Å²) < 4.78 is 56.4. The van der Waals surface area contributed by atoms with Crippen molar-refractivity contribution in [3.8, 4) is 17.2 Å². The Hall–Kier alpha value is -4.09. The van der Waals surface area contributed by atoms with Crippen LogP contribution < -0.4 is 14.9 Å². The standard InChI is InChI=1S/C23H10Cl2F3NO7/c24-15-8-5-11(29(32)33)9-14(15)22(31)34-12-6-7-13-18(10-12)36-21(23(26,27)28)20(19(13)30)35-17-4-2-1-3-16(17)25/h1-10H. The van der Waals surface area contributed by atoms with Gasteiger partial charge in [0.2, 0.25) is 11.2 Å². The Morgan fingerprint density at radius 2 is 1.72 bits per heavy atom. The molecule has 0 fully saturated rings. The lowest BCUT2D eigenvalue weighted by Crippen LogP contribution is -2.16. The minimum Gasteiger partial charge on any atom is -0.448 e. The van der Waals surface area contributed by atoms with Crippen LogP contribution in [0.1, 0.15) is 16.1 Å². The lowest BCUT2D eigenvalue weighted by atomic mass is 10.2. The summed E-state index contributed by atoms with van der Waals surface area (Å²) in [6.45, 7) is 0. The van der Waals surface area contributed by atoms with E-state index in [9.17, 15) is 32.9 Å². The second-order valence-electron chi connectivity index (χ2n) is 7.09. The average Bonchev–Trinajstić information content (AvgIpc) is 2.81. The number of esters is 1. The van der Waals surface area contributed by atoms with Gasteiger partial charge in [0.25, 0.3) is 11.4 Å². The summed E-state index contributed by atoms with van der Waals surface area (Å²) in [4.78, 5) is 35.6. The van der Waals surface area contributed by atoms with Gasteiger partial charge in [0.05, 0.1) is 25.9 Å². The van der Waals surface area contributed by atoms with Crippen molar-refractivity contribution in [3.63, 3.8) is 0 Å². The maximum Gasteiger partial charge on any atom is 0.453 e. The monoisotopic (exact) mass is 539 g/mol. The number of nitro groups is 1. The lowest BCUT2D eigenvalue weighted by molar-refractivity contribution is -0.384. The minimum atomic E-state index is -5.13. The highest BCUT2D eigenvalue weighted by atomic mass is 35.5. The molecule has 0 atom stereocenters. The van der Waals surface area contributed by atoms with Gasteiger partial charge in [-0.05, 0) is 30.3 Å². The third kappa shape index (κ3) is 4.97. The summed E-state index contributed by atoms with van der Waals surface area (Å²) in [5, 5.41) is 10.5. The number of carbonyl (C=O) groups excluding carboxylic acids is 1. The van der Waals surface area contributed by atoms with E-state index in [2.05, 4.69) is 0 Å². The number of halogens is 5. The number of hydrogen-bond acceptors (Lipinski definition) is 7. The summed E-state index contributed by atoms with van der Waals surface area (Å²) >= 11 is 11.8. The zero-order valence-electron chi connectivity index (χ0n) is 17.5. The topological polar surface area (TPSA) is 109 Å². The number of nitro benzene ring substituents is 1. The molecule has 1 heterocycles. The highest BCUT2D eigenvalue weighted by Gasteiger charge is 2.40. The van der Waals surface area contributed by atoms with E-state index in [-0.39, 0.29) is 32.5 Å². The highest BCUT2D eigenvalue weighted by molar-refractivity contribution is 6.33. The number of non-ortho nitro benzene ring substituents is 1. The van der Waals surface area contributed by atoms with Gasteiger partial charge >= 0.3 is 12.1 Å². The average molecular weight is 540 g/mol. The molecule has 0 saturated heterocycles. The molecule has 8 nitrogen and oxygen atoms in total. The largest absolute Gasteiger partial charge is 0.453 e. The van der Waals surface area contributed by atoms with Crippen LogP contribution in [0.3, 0.4) is 0 Å². The minimum absolute atomic E-state index is 0.0350. The Bertz CT molecular complexity index is 1580. The maximum absolute atomic E-state index is 13.7. The van der Waals surface area contributed by atoms with E-state index < -0.39 is 45.3 Å². The molecule has 1 aromatic heterocycles. The molecule has 0 aliphatic heterocycles. The number of para-hydroxylation sites is 1. The molecule has 0 N–H and O–H groups in total. The van der Waals surface area contributed by atoms with Gasteiger partial charge in [-0.3, -0.25) is 14.9 Å². The zero-order valence-corrected chi connectivity index (χ0v) is 19.0. The normalized spacial score (nSPS) is 11.4. The third-order valence-electron chi connectivity index (χ3n) is 4.72. The molecule has 0 aliphatic carbocycles. The van der Waals surface area contributed by atoms with Crippen molar-refractivity contribution in [2.75, 3.05) is 0 Å². The zero-order chi connectivity index (χ0) is 26.2. The van der Waals surface area contributed by atoms with Crippen molar-refractivity contribution >= 4 is 45.8 Å². The number of alkyl halides is 3. The van der Waals surface area contributed by atoms with Crippen molar-refractivity contribution in [2.24, 2.45) is 0 Å². The van der Waals surface area contributed by atoms with Crippen LogP contribution in [0.2, 0.25) is 10.0 Å². The molecule has 4 aromatic rings. The number of ether oxygens (including phenoxy) is 2. The predicted octanol–water partition coefficient (Wildman–Crippen LogP) is 7.04. The van der Waals surface area contributed by atoms with Gasteiger partial charge in [0, 0.05) is 18.2 Å². The van der Waals surface area contributed by atoms with Gasteiger partial charge in [0.15, 0.2) is 0 Å². The first-order chi connectivity index (χ1) is 17.0. The Balaban J connectivity index is 1.76. The number of benzene rings is 3. The first kappa shape index (κ1) is 25.0. The van der Waals surface area contributed by atoms with E-state index in [1.807, 2.05) is 0 Å². The van der Waals surface area contributed by atoms with Crippen LogP contribution in [0.15, 0.2) is 69.9 Å². The Morgan fingerprint density at radius 1 is 1.00 bits per heavy atom. The second-order valence-corrected chi connectivity index (χ2v) is 7.90. The summed E-state index contributed by atoms with van der Waals surface area (Å²) in [6, 6.07) is 11.7. The van der Waals surface area contributed by atoms with Crippen LogP contribution >= 0.6 is 23.2 Å². The van der Waals surface area contributed by atoms with Crippen molar-refractivity contribution in [2.45, 2.75) is 6.18 Å². The van der Waals surface area contributed by atoms with Crippen LogP contribution in [0.25, 0.3) is 11.0 Å². The van der Waals surface area contributed by atoms with Crippen LogP contribution in [0, 0.1) is 10.1 Å². The van der Waals surface area contributed by atoms with Gasteiger partial charge in [0.1, 0.15) is 17.1 Å². The molecule has 0 amide bonds. The molecule has 0 aliphatic rings. The molecule has 0 bridgehead atoms. The van der Waals surface area contributed by atoms with Crippen molar-refractivity contribution in [1.82, 2.24) is 0 Å².